The van der Waals surface area contributed by atoms with Gasteiger partial charge in [-0.25, -0.2) is 0 Å². The number of benzene rings is 1. The van der Waals surface area contributed by atoms with Crippen molar-refractivity contribution in [1.29, 1.82) is 5.41 Å². The van der Waals surface area contributed by atoms with Crippen molar-refractivity contribution in [3.63, 3.8) is 0 Å². The number of nitrogens with one attached hydrogen (secondary N) is 1. The van der Waals surface area contributed by atoms with E-state index in [1.807, 2.05) is 18.2 Å². The standard InChI is InChI=1S/C14H21N3O/c1-10-7-17(8-11(2)18-10)9-12-4-3-5-13(6-12)14(15)16/h3-6,10-11H,7-9H2,1-2H3,(H3,15,16). The maximum absolute atomic E-state index is 7.46. The maximum Gasteiger partial charge on any atom is 0.122 e. The summed E-state index contributed by atoms with van der Waals surface area (Å²) in [5.74, 6) is 0.126. The molecule has 0 aliphatic carbocycles. The molecule has 1 fully saturated rings. The number of nitrogens with two attached hydrogens (primary N) is 1. The van der Waals surface area contributed by atoms with Crippen LogP contribution in [0.5, 0.6) is 0 Å². The summed E-state index contributed by atoms with van der Waals surface area (Å²) in [6.07, 6.45) is 0.564. The third-order valence-corrected chi connectivity index (χ3v) is 3.14. The van der Waals surface area contributed by atoms with Crippen LogP contribution >= 0.6 is 0 Å². The molecule has 4 heteroatoms. The maximum atomic E-state index is 7.46. The molecule has 0 saturated carbocycles. The molecule has 2 unspecified atom stereocenters. The smallest absolute Gasteiger partial charge is 0.122 e. The summed E-state index contributed by atoms with van der Waals surface area (Å²) in [5, 5.41) is 7.46. The summed E-state index contributed by atoms with van der Waals surface area (Å²) in [6.45, 7) is 7.01. The number of hydrogen-bond donors (Lipinski definition) is 2. The number of morpholine rings is 1. The van der Waals surface area contributed by atoms with Gasteiger partial charge in [-0.05, 0) is 25.5 Å². The lowest BCUT2D eigenvalue weighted by Crippen LogP contribution is -2.44. The van der Waals surface area contributed by atoms with Crippen LogP contribution in [0.3, 0.4) is 0 Å². The Hall–Kier alpha value is -1.39. The van der Waals surface area contributed by atoms with Crippen LogP contribution in [-0.2, 0) is 11.3 Å². The Bertz CT molecular complexity index is 423. The molecule has 1 aromatic carbocycles. The zero-order chi connectivity index (χ0) is 13.1. The Morgan fingerprint density at radius 2 is 2.06 bits per heavy atom. The highest BCUT2D eigenvalue weighted by Gasteiger charge is 2.21. The van der Waals surface area contributed by atoms with Crippen LogP contribution in [0.4, 0.5) is 0 Å². The fourth-order valence-electron chi connectivity index (χ4n) is 2.51. The fourth-order valence-corrected chi connectivity index (χ4v) is 2.51. The molecule has 1 aliphatic rings. The summed E-state index contributed by atoms with van der Waals surface area (Å²) in [4.78, 5) is 2.39. The van der Waals surface area contributed by atoms with Crippen molar-refractivity contribution in [2.45, 2.75) is 32.6 Å². The highest BCUT2D eigenvalue weighted by Crippen LogP contribution is 2.14. The van der Waals surface area contributed by atoms with Gasteiger partial charge < -0.3 is 10.5 Å². The van der Waals surface area contributed by atoms with Gasteiger partial charge in [0.25, 0.3) is 0 Å². The van der Waals surface area contributed by atoms with Gasteiger partial charge in [0.15, 0.2) is 0 Å². The van der Waals surface area contributed by atoms with Crippen molar-refractivity contribution in [2.75, 3.05) is 13.1 Å². The van der Waals surface area contributed by atoms with Crippen LogP contribution < -0.4 is 5.73 Å². The van der Waals surface area contributed by atoms with E-state index in [-0.39, 0.29) is 18.0 Å². The van der Waals surface area contributed by atoms with E-state index < -0.39 is 0 Å². The van der Waals surface area contributed by atoms with Crippen molar-refractivity contribution >= 4 is 5.84 Å². The molecule has 0 amide bonds. The lowest BCUT2D eigenvalue weighted by Gasteiger charge is -2.35. The van der Waals surface area contributed by atoms with Gasteiger partial charge in [-0.1, -0.05) is 18.2 Å². The lowest BCUT2D eigenvalue weighted by atomic mass is 10.1. The molecule has 0 spiro atoms. The number of ether oxygens (including phenoxy) is 1. The van der Waals surface area contributed by atoms with Crippen LogP contribution in [0.1, 0.15) is 25.0 Å². The molecular weight excluding hydrogens is 226 g/mol. The first kappa shape index (κ1) is 13.1. The molecule has 1 aromatic rings. The van der Waals surface area contributed by atoms with Crippen molar-refractivity contribution in [3.8, 4) is 0 Å². The number of nitrogen functional groups attached to an aromatic ring is 1. The van der Waals surface area contributed by atoms with Gasteiger partial charge in [0, 0.05) is 25.2 Å². The van der Waals surface area contributed by atoms with Gasteiger partial charge in [-0.15, -0.1) is 0 Å². The minimum atomic E-state index is 0.126. The van der Waals surface area contributed by atoms with Gasteiger partial charge in [0.2, 0.25) is 0 Å². The first-order valence-corrected chi connectivity index (χ1v) is 6.35. The van der Waals surface area contributed by atoms with Crippen LogP contribution in [-0.4, -0.2) is 36.0 Å². The molecule has 3 N–H and O–H groups in total. The van der Waals surface area contributed by atoms with Crippen LogP contribution in [0.2, 0.25) is 0 Å². The molecular formula is C14H21N3O. The molecule has 18 heavy (non-hydrogen) atoms. The third-order valence-electron chi connectivity index (χ3n) is 3.14. The highest BCUT2D eigenvalue weighted by molar-refractivity contribution is 5.95. The first-order chi connectivity index (χ1) is 8.54. The van der Waals surface area contributed by atoms with E-state index in [0.717, 1.165) is 25.2 Å². The molecule has 98 valence electrons. The Balaban J connectivity index is 2.04. The number of amidine groups is 1. The molecule has 2 atom stereocenters. The van der Waals surface area contributed by atoms with Gasteiger partial charge in [-0.2, -0.15) is 0 Å². The monoisotopic (exact) mass is 247 g/mol. The van der Waals surface area contributed by atoms with Crippen molar-refractivity contribution in [2.24, 2.45) is 5.73 Å². The molecule has 1 saturated heterocycles. The van der Waals surface area contributed by atoms with Crippen molar-refractivity contribution in [3.05, 3.63) is 35.4 Å². The number of nitrogens with zero attached hydrogens (tertiary/aromatic N) is 1. The lowest BCUT2D eigenvalue weighted by molar-refractivity contribution is -0.0704. The minimum Gasteiger partial charge on any atom is -0.384 e. The quantitative estimate of drug-likeness (QED) is 0.629. The van der Waals surface area contributed by atoms with E-state index in [1.54, 1.807) is 0 Å². The summed E-state index contributed by atoms with van der Waals surface area (Å²) < 4.78 is 5.72. The van der Waals surface area contributed by atoms with Gasteiger partial charge >= 0.3 is 0 Å². The molecule has 4 nitrogen and oxygen atoms in total. The van der Waals surface area contributed by atoms with E-state index in [1.165, 1.54) is 5.56 Å². The van der Waals surface area contributed by atoms with Crippen LogP contribution in [0, 0.1) is 5.41 Å². The van der Waals surface area contributed by atoms with Gasteiger partial charge in [-0.3, -0.25) is 10.3 Å². The topological polar surface area (TPSA) is 62.3 Å². The summed E-state index contributed by atoms with van der Waals surface area (Å²) in [5.41, 5.74) is 7.50. The average molecular weight is 247 g/mol. The van der Waals surface area contributed by atoms with E-state index in [2.05, 4.69) is 24.8 Å². The SMILES string of the molecule is CC1CN(Cc2cccc(C(=N)N)c2)CC(C)O1. The average Bonchev–Trinajstić information content (AvgIpc) is 2.27. The van der Waals surface area contributed by atoms with Crippen molar-refractivity contribution < 1.29 is 4.74 Å². The van der Waals surface area contributed by atoms with Crippen molar-refractivity contribution in [1.82, 2.24) is 4.90 Å². The number of rotatable bonds is 3. The normalized spacial score (nSPS) is 25.0. The molecule has 0 aromatic heterocycles. The molecule has 0 bridgehead atoms. The first-order valence-electron chi connectivity index (χ1n) is 6.35. The Labute approximate surface area is 108 Å². The molecule has 0 radical (unpaired) electrons. The van der Waals surface area contributed by atoms with Crippen LogP contribution in [0.15, 0.2) is 24.3 Å². The summed E-state index contributed by atoms with van der Waals surface area (Å²) in [6, 6.07) is 7.90. The predicted molar refractivity (Wildman–Crippen MR) is 72.7 cm³/mol. The van der Waals surface area contributed by atoms with E-state index >= 15 is 0 Å². The summed E-state index contributed by atoms with van der Waals surface area (Å²) >= 11 is 0. The summed E-state index contributed by atoms with van der Waals surface area (Å²) in [7, 11) is 0. The van der Waals surface area contributed by atoms with E-state index in [0.29, 0.717) is 0 Å². The Morgan fingerprint density at radius 3 is 2.67 bits per heavy atom. The van der Waals surface area contributed by atoms with Crippen LogP contribution in [0.25, 0.3) is 0 Å². The second-order valence-corrected chi connectivity index (χ2v) is 5.07. The second kappa shape index (κ2) is 5.50. The van der Waals surface area contributed by atoms with E-state index in [4.69, 9.17) is 15.9 Å². The zero-order valence-electron chi connectivity index (χ0n) is 11.0. The molecule has 1 heterocycles. The minimum absolute atomic E-state index is 0.126. The highest BCUT2D eigenvalue weighted by atomic mass is 16.5. The van der Waals surface area contributed by atoms with Gasteiger partial charge in [0.05, 0.1) is 12.2 Å². The fraction of sp³-hybridized carbons (Fsp3) is 0.500. The van der Waals surface area contributed by atoms with E-state index in [9.17, 15) is 0 Å². The molecule has 2 rings (SSSR count). The zero-order valence-corrected chi connectivity index (χ0v) is 11.0. The molecule has 1 aliphatic heterocycles. The number of hydrogen-bond acceptors (Lipinski definition) is 3. The second-order valence-electron chi connectivity index (χ2n) is 5.07. The third kappa shape index (κ3) is 3.31. The Morgan fingerprint density at radius 1 is 1.39 bits per heavy atom. The largest absolute Gasteiger partial charge is 0.384 e. The Kier molecular flexibility index (Phi) is 3.99. The van der Waals surface area contributed by atoms with Gasteiger partial charge in [0.1, 0.15) is 5.84 Å². The predicted octanol–water partition coefficient (Wildman–Crippen LogP) is 1.58.